The predicted molar refractivity (Wildman–Crippen MR) is 71.5 cm³/mol. The summed E-state index contributed by atoms with van der Waals surface area (Å²) in [4.78, 5) is 0. The molecule has 1 atom stereocenters. The van der Waals surface area contributed by atoms with Crippen molar-refractivity contribution in [1.29, 1.82) is 10.5 Å². The molecule has 0 radical (unpaired) electrons. The molecule has 100 valence electrons. The molecule has 0 saturated carbocycles. The van der Waals surface area contributed by atoms with E-state index in [1.54, 1.807) is 26.0 Å². The van der Waals surface area contributed by atoms with E-state index in [1.165, 1.54) is 12.1 Å². The van der Waals surface area contributed by atoms with Gasteiger partial charge in [-0.1, -0.05) is 12.1 Å². The number of halogens is 1. The van der Waals surface area contributed by atoms with Gasteiger partial charge in [0.1, 0.15) is 11.9 Å². The van der Waals surface area contributed by atoms with Crippen LogP contribution in [0.2, 0.25) is 0 Å². The molecule has 0 saturated heterocycles. The zero-order valence-electron chi connectivity index (χ0n) is 11.5. The fourth-order valence-corrected chi connectivity index (χ4v) is 2.23. The average Bonchev–Trinajstić information content (AvgIpc) is 2.71. The topological polar surface area (TPSA) is 56.8 Å². The van der Waals surface area contributed by atoms with Crippen molar-refractivity contribution in [3.8, 4) is 12.1 Å². The van der Waals surface area contributed by atoms with Gasteiger partial charge < -0.3 is 4.74 Å². The van der Waals surface area contributed by atoms with Crippen LogP contribution >= 0.6 is 0 Å². The predicted octanol–water partition coefficient (Wildman–Crippen LogP) is 3.71. The smallest absolute Gasteiger partial charge is 0.154 e. The van der Waals surface area contributed by atoms with Crippen LogP contribution in [0.25, 0.3) is 0 Å². The molecule has 2 rings (SSSR count). The highest BCUT2D eigenvalue weighted by Crippen LogP contribution is 2.45. The van der Waals surface area contributed by atoms with Crippen molar-refractivity contribution in [2.45, 2.75) is 26.4 Å². The lowest BCUT2D eigenvalue weighted by molar-refractivity contribution is 0.0722. The van der Waals surface area contributed by atoms with Gasteiger partial charge in [-0.15, -0.1) is 0 Å². The molecule has 0 amide bonds. The number of nitrogens with zero attached hydrogens (tertiary/aromatic N) is 2. The van der Waals surface area contributed by atoms with Crippen molar-refractivity contribution in [3.05, 3.63) is 58.1 Å². The molecule has 3 nitrogen and oxygen atoms in total. The van der Waals surface area contributed by atoms with E-state index in [2.05, 4.69) is 6.07 Å². The fraction of sp³-hybridized carbons (Fsp3) is 0.250. The standard InChI is InChI=1S/C16H13FN2O/c1-10(8-18)15-14(9-19)11(2)16(3,20-15)12-4-6-13(17)7-5-12/h4-7H,1-3H3/b15-10-. The summed E-state index contributed by atoms with van der Waals surface area (Å²) in [6.45, 7) is 5.21. The Bertz CT molecular complexity index is 701. The second kappa shape index (κ2) is 4.83. The summed E-state index contributed by atoms with van der Waals surface area (Å²) in [5.41, 5.74) is 1.33. The highest BCUT2D eigenvalue weighted by Gasteiger charge is 2.41. The van der Waals surface area contributed by atoms with Crippen LogP contribution in [0.15, 0.2) is 46.7 Å². The maximum atomic E-state index is 13.0. The van der Waals surface area contributed by atoms with Crippen LogP contribution in [0, 0.1) is 28.5 Å². The van der Waals surface area contributed by atoms with E-state index in [4.69, 9.17) is 10.00 Å². The van der Waals surface area contributed by atoms with Crippen LogP contribution in [-0.2, 0) is 10.3 Å². The summed E-state index contributed by atoms with van der Waals surface area (Å²) in [5.74, 6) is -0.0271. The molecule has 0 N–H and O–H groups in total. The van der Waals surface area contributed by atoms with Crippen molar-refractivity contribution in [2.75, 3.05) is 0 Å². The minimum absolute atomic E-state index is 0.305. The Morgan fingerprint density at radius 2 is 1.85 bits per heavy atom. The number of allylic oxidation sites excluding steroid dienone is 2. The Morgan fingerprint density at radius 3 is 2.35 bits per heavy atom. The van der Waals surface area contributed by atoms with Crippen molar-refractivity contribution < 1.29 is 9.13 Å². The number of rotatable bonds is 1. The van der Waals surface area contributed by atoms with E-state index in [1.807, 2.05) is 13.0 Å². The van der Waals surface area contributed by atoms with Gasteiger partial charge in [0.15, 0.2) is 11.4 Å². The number of hydrogen-bond acceptors (Lipinski definition) is 3. The normalized spacial score (nSPS) is 23.9. The first-order valence-electron chi connectivity index (χ1n) is 6.12. The van der Waals surface area contributed by atoms with Gasteiger partial charge in [0.2, 0.25) is 0 Å². The van der Waals surface area contributed by atoms with Crippen LogP contribution in [-0.4, -0.2) is 0 Å². The van der Waals surface area contributed by atoms with Crippen molar-refractivity contribution in [3.63, 3.8) is 0 Å². The quantitative estimate of drug-likeness (QED) is 0.729. The highest BCUT2D eigenvalue weighted by molar-refractivity contribution is 5.55. The summed E-state index contributed by atoms with van der Waals surface area (Å²) < 4.78 is 18.9. The van der Waals surface area contributed by atoms with E-state index < -0.39 is 5.60 Å². The Labute approximate surface area is 117 Å². The van der Waals surface area contributed by atoms with Crippen molar-refractivity contribution in [1.82, 2.24) is 0 Å². The molecular formula is C16H13FN2O. The molecule has 1 aliphatic heterocycles. The van der Waals surface area contributed by atoms with E-state index in [9.17, 15) is 9.65 Å². The molecule has 0 fully saturated rings. The van der Waals surface area contributed by atoms with E-state index in [0.717, 1.165) is 11.1 Å². The fourth-order valence-electron chi connectivity index (χ4n) is 2.23. The monoisotopic (exact) mass is 268 g/mol. The molecule has 0 bridgehead atoms. The van der Waals surface area contributed by atoms with Gasteiger partial charge in [-0.2, -0.15) is 10.5 Å². The van der Waals surface area contributed by atoms with Gasteiger partial charge in [-0.05, 0) is 44.0 Å². The molecule has 1 aromatic carbocycles. The summed E-state index contributed by atoms with van der Waals surface area (Å²) in [7, 11) is 0. The first-order valence-corrected chi connectivity index (χ1v) is 6.12. The van der Waals surface area contributed by atoms with E-state index in [0.29, 0.717) is 16.9 Å². The van der Waals surface area contributed by atoms with Crippen LogP contribution in [0.1, 0.15) is 26.3 Å². The number of benzene rings is 1. The minimum atomic E-state index is -0.855. The number of hydrogen-bond donors (Lipinski definition) is 0. The molecular weight excluding hydrogens is 255 g/mol. The van der Waals surface area contributed by atoms with Gasteiger partial charge in [0.25, 0.3) is 0 Å². The molecule has 20 heavy (non-hydrogen) atoms. The Balaban J connectivity index is 2.62. The highest BCUT2D eigenvalue weighted by atomic mass is 19.1. The number of ether oxygens (including phenoxy) is 1. The van der Waals surface area contributed by atoms with Gasteiger partial charge in [-0.3, -0.25) is 0 Å². The lowest BCUT2D eigenvalue weighted by Crippen LogP contribution is -2.22. The molecule has 4 heteroatoms. The molecule has 0 aliphatic carbocycles. The summed E-state index contributed by atoms with van der Waals surface area (Å²) in [6.07, 6.45) is 0. The maximum absolute atomic E-state index is 13.0. The first kappa shape index (κ1) is 13.8. The van der Waals surface area contributed by atoms with Gasteiger partial charge in [0, 0.05) is 0 Å². The average molecular weight is 268 g/mol. The first-order chi connectivity index (χ1) is 9.43. The van der Waals surface area contributed by atoms with Crippen LogP contribution in [0.5, 0.6) is 0 Å². The summed E-state index contributed by atoms with van der Waals surface area (Å²) in [5, 5.41) is 18.3. The zero-order chi connectivity index (χ0) is 14.9. The molecule has 1 heterocycles. The van der Waals surface area contributed by atoms with Gasteiger partial charge in [-0.25, -0.2) is 4.39 Å². The summed E-state index contributed by atoms with van der Waals surface area (Å²) in [6, 6.07) is 10.0. The SMILES string of the molecule is CC1=C(C#N)/C(=C(\C)C#N)OC1(C)c1ccc(F)cc1. The molecule has 0 aromatic heterocycles. The second-order valence-corrected chi connectivity index (χ2v) is 4.82. The van der Waals surface area contributed by atoms with Crippen molar-refractivity contribution >= 4 is 0 Å². The zero-order valence-corrected chi connectivity index (χ0v) is 11.5. The third-order valence-electron chi connectivity index (χ3n) is 3.64. The Kier molecular flexibility index (Phi) is 3.34. The van der Waals surface area contributed by atoms with Crippen molar-refractivity contribution in [2.24, 2.45) is 0 Å². The summed E-state index contributed by atoms with van der Waals surface area (Å²) >= 11 is 0. The van der Waals surface area contributed by atoms with Crippen LogP contribution in [0.3, 0.4) is 0 Å². The lowest BCUT2D eigenvalue weighted by Gasteiger charge is -2.26. The second-order valence-electron chi connectivity index (χ2n) is 4.82. The molecule has 0 spiro atoms. The number of nitriles is 2. The van der Waals surface area contributed by atoms with Crippen LogP contribution < -0.4 is 0 Å². The molecule has 1 aliphatic rings. The van der Waals surface area contributed by atoms with E-state index >= 15 is 0 Å². The Hall–Kier alpha value is -2.59. The minimum Gasteiger partial charge on any atom is -0.476 e. The molecule has 1 unspecified atom stereocenters. The van der Waals surface area contributed by atoms with Gasteiger partial charge >= 0.3 is 0 Å². The van der Waals surface area contributed by atoms with E-state index in [-0.39, 0.29) is 5.82 Å². The van der Waals surface area contributed by atoms with Crippen LogP contribution in [0.4, 0.5) is 4.39 Å². The maximum Gasteiger partial charge on any atom is 0.154 e. The lowest BCUT2D eigenvalue weighted by atomic mass is 9.88. The third-order valence-corrected chi connectivity index (χ3v) is 3.64. The molecule has 1 aromatic rings. The largest absolute Gasteiger partial charge is 0.476 e. The van der Waals surface area contributed by atoms with Gasteiger partial charge in [0.05, 0.1) is 17.2 Å². The third kappa shape index (κ3) is 1.96. The Morgan fingerprint density at radius 1 is 1.25 bits per heavy atom.